The van der Waals surface area contributed by atoms with Crippen molar-refractivity contribution in [1.82, 2.24) is 0 Å². The number of hydrogen-bond donors (Lipinski definition) is 4. The number of nitrogens with two attached hydrogens (primary N) is 2. The van der Waals surface area contributed by atoms with E-state index in [4.69, 9.17) is 27.0 Å². The van der Waals surface area contributed by atoms with Crippen molar-refractivity contribution in [2.24, 2.45) is 11.5 Å². The van der Waals surface area contributed by atoms with E-state index in [1.807, 2.05) is 0 Å². The van der Waals surface area contributed by atoms with Gasteiger partial charge in [0.25, 0.3) is 0 Å². The second-order valence-corrected chi connectivity index (χ2v) is 3.22. The molecule has 0 aliphatic carbocycles. The lowest BCUT2D eigenvalue weighted by Gasteiger charge is -2.03. The Bertz CT molecular complexity index is 162. The Balaban J connectivity index is 2.99. The maximum Gasteiger partial charge on any atom is 0.0928 e. The average molecular weight is 200 g/mol. The quantitative estimate of drug-likeness (QED) is 0.251. The second kappa shape index (κ2) is 8.50. The van der Waals surface area contributed by atoms with E-state index in [1.54, 1.807) is 0 Å². The topological polar surface area (TPSA) is 109 Å². The summed E-state index contributed by atoms with van der Waals surface area (Å²) in [6, 6.07) is 0. The largest absolute Gasteiger partial charge is 0.388 e. The molecule has 0 unspecified atom stereocenters. The van der Waals surface area contributed by atoms with E-state index >= 15 is 0 Å². The van der Waals surface area contributed by atoms with Gasteiger partial charge >= 0.3 is 0 Å². The minimum atomic E-state index is 0.168. The van der Waals surface area contributed by atoms with Crippen LogP contribution in [0.3, 0.4) is 0 Å². The molecule has 5 nitrogen and oxygen atoms in total. The molecular formula is C9H20N4O. The zero-order chi connectivity index (χ0) is 10.8. The first-order chi connectivity index (χ1) is 6.63. The summed E-state index contributed by atoms with van der Waals surface area (Å²) in [6.45, 7) is 1.23. The summed E-state index contributed by atoms with van der Waals surface area (Å²) in [5, 5.41) is 13.9. The molecule has 14 heavy (non-hydrogen) atoms. The SMILES string of the molecule is N=C(N)CCCCCOCCC(=N)N. The predicted molar refractivity (Wildman–Crippen MR) is 57.7 cm³/mol. The van der Waals surface area contributed by atoms with E-state index in [1.165, 1.54) is 0 Å². The van der Waals surface area contributed by atoms with Gasteiger partial charge in [0, 0.05) is 19.4 Å². The van der Waals surface area contributed by atoms with E-state index in [0.29, 0.717) is 26.1 Å². The molecule has 82 valence electrons. The zero-order valence-electron chi connectivity index (χ0n) is 8.51. The Kier molecular flexibility index (Phi) is 7.83. The molecule has 0 heterocycles. The second-order valence-electron chi connectivity index (χ2n) is 3.22. The number of nitrogens with one attached hydrogen (secondary N) is 2. The molecule has 0 saturated heterocycles. The fourth-order valence-corrected chi connectivity index (χ4v) is 0.981. The van der Waals surface area contributed by atoms with Gasteiger partial charge in [0.2, 0.25) is 0 Å². The molecule has 0 aromatic rings. The third-order valence-corrected chi connectivity index (χ3v) is 1.75. The van der Waals surface area contributed by atoms with Crippen molar-refractivity contribution in [3.63, 3.8) is 0 Å². The number of hydrogen-bond acceptors (Lipinski definition) is 3. The summed E-state index contributed by atoms with van der Waals surface area (Å²) in [5.41, 5.74) is 10.4. The molecule has 0 atom stereocenters. The van der Waals surface area contributed by atoms with Gasteiger partial charge in [0.05, 0.1) is 18.3 Å². The van der Waals surface area contributed by atoms with Crippen LogP contribution < -0.4 is 11.5 Å². The third-order valence-electron chi connectivity index (χ3n) is 1.75. The molecule has 0 radical (unpaired) electrons. The molecule has 0 aromatic heterocycles. The van der Waals surface area contributed by atoms with Crippen LogP contribution in [0.5, 0.6) is 0 Å². The molecule has 5 heteroatoms. The summed E-state index contributed by atoms with van der Waals surface area (Å²) >= 11 is 0. The normalized spacial score (nSPS) is 10.0. The van der Waals surface area contributed by atoms with Crippen molar-refractivity contribution < 1.29 is 4.74 Å². The molecule has 0 aliphatic heterocycles. The van der Waals surface area contributed by atoms with Gasteiger partial charge in [0.15, 0.2) is 0 Å². The highest BCUT2D eigenvalue weighted by molar-refractivity contribution is 5.77. The van der Waals surface area contributed by atoms with Gasteiger partial charge < -0.3 is 16.2 Å². The zero-order valence-corrected chi connectivity index (χ0v) is 8.51. The molecule has 0 rings (SSSR count). The Morgan fingerprint density at radius 2 is 1.50 bits per heavy atom. The van der Waals surface area contributed by atoms with Gasteiger partial charge in [-0.3, -0.25) is 10.8 Å². The van der Waals surface area contributed by atoms with Crippen LogP contribution in [0.15, 0.2) is 0 Å². The lowest BCUT2D eigenvalue weighted by atomic mass is 10.2. The van der Waals surface area contributed by atoms with E-state index in [0.717, 1.165) is 19.3 Å². The lowest BCUT2D eigenvalue weighted by Crippen LogP contribution is -2.13. The van der Waals surface area contributed by atoms with Gasteiger partial charge in [-0.05, 0) is 12.8 Å². The van der Waals surface area contributed by atoms with Crippen molar-refractivity contribution in [3.05, 3.63) is 0 Å². The standard InChI is InChI=1S/C9H20N4O/c10-8(11)4-2-1-3-6-14-7-5-9(12)13/h1-7H2,(H3,10,11)(H3,12,13). The summed E-state index contributed by atoms with van der Waals surface area (Å²) in [5.74, 6) is 0.420. The van der Waals surface area contributed by atoms with Crippen LogP contribution in [-0.2, 0) is 4.74 Å². The Morgan fingerprint density at radius 1 is 0.857 bits per heavy atom. The smallest absolute Gasteiger partial charge is 0.0928 e. The van der Waals surface area contributed by atoms with E-state index < -0.39 is 0 Å². The summed E-state index contributed by atoms with van der Waals surface area (Å²) in [4.78, 5) is 0. The first-order valence-corrected chi connectivity index (χ1v) is 4.86. The van der Waals surface area contributed by atoms with Crippen LogP contribution in [-0.4, -0.2) is 24.9 Å². The van der Waals surface area contributed by atoms with Crippen LogP contribution in [0, 0.1) is 10.8 Å². The highest BCUT2D eigenvalue weighted by Crippen LogP contribution is 1.99. The van der Waals surface area contributed by atoms with Crippen LogP contribution in [0.1, 0.15) is 32.1 Å². The molecule has 0 bridgehead atoms. The maximum atomic E-state index is 7.00. The Labute approximate surface area is 84.8 Å². The van der Waals surface area contributed by atoms with Gasteiger partial charge in [0.1, 0.15) is 0 Å². The van der Waals surface area contributed by atoms with E-state index in [-0.39, 0.29) is 11.7 Å². The van der Waals surface area contributed by atoms with Crippen molar-refractivity contribution in [3.8, 4) is 0 Å². The fraction of sp³-hybridized carbons (Fsp3) is 0.778. The predicted octanol–water partition coefficient (Wildman–Crippen LogP) is 0.825. The van der Waals surface area contributed by atoms with Crippen molar-refractivity contribution in [2.75, 3.05) is 13.2 Å². The lowest BCUT2D eigenvalue weighted by molar-refractivity contribution is 0.136. The minimum absolute atomic E-state index is 0.168. The minimum Gasteiger partial charge on any atom is -0.388 e. The molecule has 6 N–H and O–H groups in total. The number of ether oxygens (including phenoxy) is 1. The van der Waals surface area contributed by atoms with Crippen molar-refractivity contribution in [1.29, 1.82) is 10.8 Å². The summed E-state index contributed by atoms with van der Waals surface area (Å²) in [6.07, 6.45) is 4.14. The van der Waals surface area contributed by atoms with Gasteiger partial charge in [-0.1, -0.05) is 6.42 Å². The molecule has 0 fully saturated rings. The molecule has 0 aliphatic rings. The first kappa shape index (κ1) is 12.9. The highest BCUT2D eigenvalue weighted by Gasteiger charge is 1.93. The van der Waals surface area contributed by atoms with Crippen molar-refractivity contribution in [2.45, 2.75) is 32.1 Å². The van der Waals surface area contributed by atoms with Crippen LogP contribution in [0.2, 0.25) is 0 Å². The molecule has 0 saturated carbocycles. The fourth-order valence-electron chi connectivity index (χ4n) is 0.981. The Morgan fingerprint density at radius 3 is 2.07 bits per heavy atom. The summed E-state index contributed by atoms with van der Waals surface area (Å²) < 4.78 is 5.25. The molecule has 0 amide bonds. The molecular weight excluding hydrogens is 180 g/mol. The average Bonchev–Trinajstić information content (AvgIpc) is 2.08. The maximum absolute atomic E-state index is 7.00. The monoisotopic (exact) mass is 200 g/mol. The van der Waals surface area contributed by atoms with Crippen LogP contribution in [0.25, 0.3) is 0 Å². The number of rotatable bonds is 9. The Hall–Kier alpha value is -1.10. The first-order valence-electron chi connectivity index (χ1n) is 4.86. The van der Waals surface area contributed by atoms with Gasteiger partial charge in [-0.15, -0.1) is 0 Å². The number of unbranched alkanes of at least 4 members (excludes halogenated alkanes) is 2. The van der Waals surface area contributed by atoms with E-state index in [9.17, 15) is 0 Å². The third kappa shape index (κ3) is 10.9. The van der Waals surface area contributed by atoms with Gasteiger partial charge in [-0.25, -0.2) is 0 Å². The van der Waals surface area contributed by atoms with Crippen LogP contribution >= 0.6 is 0 Å². The van der Waals surface area contributed by atoms with Crippen molar-refractivity contribution >= 4 is 11.7 Å². The molecule has 0 aromatic carbocycles. The highest BCUT2D eigenvalue weighted by atomic mass is 16.5. The number of amidine groups is 2. The van der Waals surface area contributed by atoms with E-state index in [2.05, 4.69) is 0 Å². The van der Waals surface area contributed by atoms with Gasteiger partial charge in [-0.2, -0.15) is 0 Å². The summed E-state index contributed by atoms with van der Waals surface area (Å²) in [7, 11) is 0. The van der Waals surface area contributed by atoms with Crippen LogP contribution in [0.4, 0.5) is 0 Å². The molecule has 0 spiro atoms.